The van der Waals surface area contributed by atoms with Crippen LogP contribution in [0.5, 0.6) is 5.75 Å². The van der Waals surface area contributed by atoms with E-state index in [1.54, 1.807) is 12.1 Å². The van der Waals surface area contributed by atoms with Crippen LogP contribution in [0.3, 0.4) is 0 Å². The number of halogens is 3. The standard InChI is InChI=1S/C12H8F3NO2/c1-7(17)10-6-9(18-12(13,14)15)5-8-3-2-4-16-11(8)10/h2-6H,1H3. The van der Waals surface area contributed by atoms with E-state index in [-0.39, 0.29) is 11.3 Å². The summed E-state index contributed by atoms with van der Waals surface area (Å²) in [5, 5.41) is 0.421. The van der Waals surface area contributed by atoms with Crippen LogP contribution >= 0.6 is 0 Å². The number of Topliss-reactive ketones (excluding diaryl/α,β-unsaturated/α-hetero) is 1. The first-order valence-electron chi connectivity index (χ1n) is 5.02. The Morgan fingerprint density at radius 1 is 1.33 bits per heavy atom. The molecule has 0 saturated carbocycles. The maximum atomic E-state index is 12.2. The fraction of sp³-hybridized carbons (Fsp3) is 0.167. The molecule has 0 bridgehead atoms. The van der Waals surface area contributed by atoms with Crippen LogP contribution in [0, 0.1) is 0 Å². The molecule has 1 aromatic carbocycles. The number of hydrogen-bond donors (Lipinski definition) is 0. The second kappa shape index (κ2) is 4.29. The Labute approximate surface area is 100 Å². The number of carbonyl (C=O) groups is 1. The molecular formula is C12H8F3NO2. The number of fused-ring (bicyclic) bond motifs is 1. The molecule has 6 heteroatoms. The molecule has 2 rings (SSSR count). The van der Waals surface area contributed by atoms with Crippen molar-refractivity contribution in [2.75, 3.05) is 0 Å². The molecule has 0 atom stereocenters. The maximum absolute atomic E-state index is 12.2. The molecule has 0 unspecified atom stereocenters. The first-order chi connectivity index (χ1) is 8.37. The summed E-state index contributed by atoms with van der Waals surface area (Å²) in [6.45, 7) is 1.26. The number of alkyl halides is 3. The van der Waals surface area contributed by atoms with Gasteiger partial charge in [0.2, 0.25) is 0 Å². The lowest BCUT2D eigenvalue weighted by Gasteiger charge is -2.11. The number of benzene rings is 1. The van der Waals surface area contributed by atoms with Gasteiger partial charge in [0.1, 0.15) is 5.75 Å². The number of pyridine rings is 1. The largest absolute Gasteiger partial charge is 0.573 e. The van der Waals surface area contributed by atoms with E-state index in [1.165, 1.54) is 19.2 Å². The van der Waals surface area contributed by atoms with Gasteiger partial charge in [-0.3, -0.25) is 9.78 Å². The zero-order valence-electron chi connectivity index (χ0n) is 9.28. The van der Waals surface area contributed by atoms with Crippen LogP contribution in [0.25, 0.3) is 10.9 Å². The second-order valence-corrected chi connectivity index (χ2v) is 3.65. The summed E-state index contributed by atoms with van der Waals surface area (Å²) in [7, 11) is 0. The fourth-order valence-electron chi connectivity index (χ4n) is 1.63. The number of rotatable bonds is 2. The summed E-state index contributed by atoms with van der Waals surface area (Å²) in [5.41, 5.74) is 0.465. The molecule has 0 amide bonds. The van der Waals surface area contributed by atoms with Crippen LogP contribution in [0.2, 0.25) is 0 Å². The van der Waals surface area contributed by atoms with E-state index in [0.29, 0.717) is 10.9 Å². The summed E-state index contributed by atoms with van der Waals surface area (Å²) in [6.07, 6.45) is -3.32. The Morgan fingerprint density at radius 2 is 2.06 bits per heavy atom. The van der Waals surface area contributed by atoms with E-state index in [0.717, 1.165) is 6.07 Å². The van der Waals surface area contributed by atoms with Crippen molar-refractivity contribution in [2.24, 2.45) is 0 Å². The van der Waals surface area contributed by atoms with Gasteiger partial charge in [-0.15, -0.1) is 13.2 Å². The zero-order valence-corrected chi connectivity index (χ0v) is 9.28. The van der Waals surface area contributed by atoms with Gasteiger partial charge >= 0.3 is 6.36 Å². The molecule has 0 saturated heterocycles. The van der Waals surface area contributed by atoms with Crippen molar-refractivity contribution in [3.8, 4) is 5.75 Å². The third kappa shape index (κ3) is 2.58. The van der Waals surface area contributed by atoms with Crippen LogP contribution in [0.1, 0.15) is 17.3 Å². The summed E-state index contributed by atoms with van der Waals surface area (Å²) in [4.78, 5) is 15.4. The third-order valence-corrected chi connectivity index (χ3v) is 2.29. The zero-order chi connectivity index (χ0) is 13.3. The van der Waals surface area contributed by atoms with Crippen molar-refractivity contribution in [1.29, 1.82) is 0 Å². The Balaban J connectivity index is 2.61. The van der Waals surface area contributed by atoms with Crippen molar-refractivity contribution in [3.63, 3.8) is 0 Å². The minimum atomic E-state index is -4.79. The summed E-state index contributed by atoms with van der Waals surface area (Å²) in [6, 6.07) is 5.38. The number of hydrogen-bond acceptors (Lipinski definition) is 3. The Kier molecular flexibility index (Phi) is 2.94. The van der Waals surface area contributed by atoms with E-state index < -0.39 is 12.1 Å². The van der Waals surface area contributed by atoms with E-state index >= 15 is 0 Å². The summed E-state index contributed by atoms with van der Waals surface area (Å²) < 4.78 is 40.3. The molecule has 0 N–H and O–H groups in total. The highest BCUT2D eigenvalue weighted by atomic mass is 19.4. The van der Waals surface area contributed by atoms with Gasteiger partial charge in [0.15, 0.2) is 5.78 Å². The first-order valence-corrected chi connectivity index (χ1v) is 5.02. The normalized spacial score (nSPS) is 11.6. The highest BCUT2D eigenvalue weighted by Gasteiger charge is 2.31. The molecule has 18 heavy (non-hydrogen) atoms. The molecule has 0 aliphatic rings. The molecule has 0 aliphatic heterocycles. The lowest BCUT2D eigenvalue weighted by atomic mass is 10.1. The van der Waals surface area contributed by atoms with Crippen molar-refractivity contribution in [2.45, 2.75) is 13.3 Å². The SMILES string of the molecule is CC(=O)c1cc(OC(F)(F)F)cc2cccnc12. The highest BCUT2D eigenvalue weighted by molar-refractivity contribution is 6.06. The maximum Gasteiger partial charge on any atom is 0.573 e. The molecule has 1 aromatic heterocycles. The van der Waals surface area contributed by atoms with Crippen LogP contribution in [0.15, 0.2) is 30.5 Å². The van der Waals surface area contributed by atoms with Gasteiger partial charge in [-0.05, 0) is 25.1 Å². The van der Waals surface area contributed by atoms with E-state index in [9.17, 15) is 18.0 Å². The number of ketones is 1. The van der Waals surface area contributed by atoms with Gasteiger partial charge in [-0.2, -0.15) is 0 Å². The second-order valence-electron chi connectivity index (χ2n) is 3.65. The van der Waals surface area contributed by atoms with Gasteiger partial charge in [0.25, 0.3) is 0 Å². The predicted octanol–water partition coefficient (Wildman–Crippen LogP) is 3.34. The topological polar surface area (TPSA) is 39.2 Å². The lowest BCUT2D eigenvalue weighted by molar-refractivity contribution is -0.274. The van der Waals surface area contributed by atoms with Crippen molar-refractivity contribution in [1.82, 2.24) is 4.98 Å². The molecular weight excluding hydrogens is 247 g/mol. The molecule has 0 spiro atoms. The van der Waals surface area contributed by atoms with Crippen LogP contribution in [-0.2, 0) is 0 Å². The van der Waals surface area contributed by atoms with E-state index in [2.05, 4.69) is 9.72 Å². The molecule has 0 fully saturated rings. The molecule has 0 radical (unpaired) electrons. The van der Waals surface area contributed by atoms with E-state index in [4.69, 9.17) is 0 Å². The van der Waals surface area contributed by atoms with Gasteiger partial charge in [-0.1, -0.05) is 6.07 Å². The molecule has 3 nitrogen and oxygen atoms in total. The number of carbonyl (C=O) groups excluding carboxylic acids is 1. The van der Waals surface area contributed by atoms with E-state index in [1.807, 2.05) is 0 Å². The van der Waals surface area contributed by atoms with Crippen molar-refractivity contribution < 1.29 is 22.7 Å². The predicted molar refractivity (Wildman–Crippen MR) is 58.4 cm³/mol. The lowest BCUT2D eigenvalue weighted by Crippen LogP contribution is -2.17. The Hall–Kier alpha value is -2.11. The fourth-order valence-corrected chi connectivity index (χ4v) is 1.63. The van der Waals surface area contributed by atoms with Crippen molar-refractivity contribution >= 4 is 16.7 Å². The molecule has 1 heterocycles. The Morgan fingerprint density at radius 3 is 2.67 bits per heavy atom. The summed E-state index contributed by atoms with van der Waals surface area (Å²) >= 11 is 0. The average molecular weight is 255 g/mol. The van der Waals surface area contributed by atoms with Gasteiger partial charge in [0, 0.05) is 17.1 Å². The summed E-state index contributed by atoms with van der Waals surface area (Å²) in [5.74, 6) is -0.792. The quantitative estimate of drug-likeness (QED) is 0.772. The molecule has 0 aliphatic carbocycles. The Bertz CT molecular complexity index is 608. The van der Waals surface area contributed by atoms with Crippen LogP contribution in [0.4, 0.5) is 13.2 Å². The number of ether oxygens (including phenoxy) is 1. The molecule has 94 valence electrons. The van der Waals surface area contributed by atoms with Gasteiger partial charge in [0.05, 0.1) is 5.52 Å². The minimum Gasteiger partial charge on any atom is -0.406 e. The van der Waals surface area contributed by atoms with Gasteiger partial charge in [-0.25, -0.2) is 0 Å². The van der Waals surface area contributed by atoms with Gasteiger partial charge < -0.3 is 4.74 Å². The van der Waals surface area contributed by atoms with Crippen molar-refractivity contribution in [3.05, 3.63) is 36.0 Å². The average Bonchev–Trinajstić information content (AvgIpc) is 2.25. The first kappa shape index (κ1) is 12.3. The minimum absolute atomic E-state index is 0.104. The monoisotopic (exact) mass is 255 g/mol. The smallest absolute Gasteiger partial charge is 0.406 e. The van der Waals surface area contributed by atoms with Crippen LogP contribution in [-0.4, -0.2) is 17.1 Å². The van der Waals surface area contributed by atoms with Crippen LogP contribution < -0.4 is 4.74 Å². The molecule has 2 aromatic rings. The number of nitrogens with zero attached hydrogens (tertiary/aromatic N) is 1. The third-order valence-electron chi connectivity index (χ3n) is 2.29. The number of aromatic nitrogens is 1. The highest BCUT2D eigenvalue weighted by Crippen LogP contribution is 2.28.